The second-order valence-electron chi connectivity index (χ2n) is 5.77. The van der Waals surface area contributed by atoms with Crippen LogP contribution in [0.25, 0.3) is 0 Å². The van der Waals surface area contributed by atoms with Crippen LogP contribution in [0.3, 0.4) is 0 Å². The molecule has 2 rings (SSSR count). The molecule has 106 valence electrons. The van der Waals surface area contributed by atoms with Crippen molar-refractivity contribution >= 4 is 5.69 Å². The van der Waals surface area contributed by atoms with Gasteiger partial charge in [0.15, 0.2) is 0 Å². The molecule has 1 aliphatic carbocycles. The average molecular weight is 261 g/mol. The molecular formula is C17H27NO. The monoisotopic (exact) mass is 261 g/mol. The Bertz CT molecular complexity index is 365. The Morgan fingerprint density at radius 1 is 1.11 bits per heavy atom. The number of hydrogen-bond donors (Lipinski definition) is 1. The maximum absolute atomic E-state index is 9.83. The predicted octanol–water partition coefficient (Wildman–Crippen LogP) is 4.29. The van der Waals surface area contributed by atoms with Crippen molar-refractivity contribution < 1.29 is 5.11 Å². The van der Waals surface area contributed by atoms with E-state index in [-0.39, 0.29) is 6.10 Å². The normalized spacial score (nSPS) is 18.9. The number of hydrogen-bond acceptors (Lipinski definition) is 2. The minimum atomic E-state index is -0.322. The highest BCUT2D eigenvalue weighted by Crippen LogP contribution is 2.26. The molecule has 1 unspecified atom stereocenters. The lowest BCUT2D eigenvalue weighted by atomic mass is 10.0. The third kappa shape index (κ3) is 3.73. The first kappa shape index (κ1) is 14.4. The zero-order chi connectivity index (χ0) is 13.7. The molecule has 0 aliphatic heterocycles. The van der Waals surface area contributed by atoms with Crippen molar-refractivity contribution in [3.8, 4) is 0 Å². The SMILES string of the molecule is CCC(O)c1ccc(N(C)C2CCCCCC2)cc1. The summed E-state index contributed by atoms with van der Waals surface area (Å²) < 4.78 is 0. The van der Waals surface area contributed by atoms with Crippen molar-refractivity contribution in [1.82, 2.24) is 0 Å². The van der Waals surface area contributed by atoms with Gasteiger partial charge in [-0.05, 0) is 37.0 Å². The first-order chi connectivity index (χ1) is 9.22. The van der Waals surface area contributed by atoms with E-state index in [2.05, 4.69) is 36.2 Å². The van der Waals surface area contributed by atoms with Crippen molar-refractivity contribution in [2.75, 3.05) is 11.9 Å². The second kappa shape index (κ2) is 6.95. The predicted molar refractivity (Wildman–Crippen MR) is 81.6 cm³/mol. The average Bonchev–Trinajstić information content (AvgIpc) is 2.75. The highest BCUT2D eigenvalue weighted by atomic mass is 16.3. The number of rotatable bonds is 4. The fourth-order valence-electron chi connectivity index (χ4n) is 3.02. The zero-order valence-corrected chi connectivity index (χ0v) is 12.3. The van der Waals surface area contributed by atoms with E-state index in [9.17, 15) is 5.11 Å². The summed E-state index contributed by atoms with van der Waals surface area (Å²) in [5.74, 6) is 0. The second-order valence-corrected chi connectivity index (χ2v) is 5.77. The first-order valence-corrected chi connectivity index (χ1v) is 7.73. The van der Waals surface area contributed by atoms with Crippen LogP contribution in [0.4, 0.5) is 5.69 Å². The van der Waals surface area contributed by atoms with Gasteiger partial charge in [-0.3, -0.25) is 0 Å². The lowest BCUT2D eigenvalue weighted by molar-refractivity contribution is 0.173. The van der Waals surface area contributed by atoms with E-state index in [1.165, 1.54) is 44.2 Å². The third-order valence-corrected chi connectivity index (χ3v) is 4.44. The number of anilines is 1. The molecule has 0 aromatic heterocycles. The van der Waals surface area contributed by atoms with E-state index in [0.717, 1.165) is 12.0 Å². The Morgan fingerprint density at radius 2 is 1.68 bits per heavy atom. The van der Waals surface area contributed by atoms with Crippen LogP contribution in [0, 0.1) is 0 Å². The lowest BCUT2D eigenvalue weighted by Crippen LogP contribution is -2.30. The fourth-order valence-corrected chi connectivity index (χ4v) is 3.02. The summed E-state index contributed by atoms with van der Waals surface area (Å²) in [7, 11) is 2.21. The van der Waals surface area contributed by atoms with Crippen LogP contribution in [0.15, 0.2) is 24.3 Å². The number of benzene rings is 1. The van der Waals surface area contributed by atoms with Crippen LogP contribution in [-0.2, 0) is 0 Å². The minimum Gasteiger partial charge on any atom is -0.388 e. The summed E-state index contributed by atoms with van der Waals surface area (Å²) in [6, 6.07) is 9.12. The van der Waals surface area contributed by atoms with Crippen LogP contribution < -0.4 is 4.90 Å². The Labute approximate surface area is 117 Å². The molecule has 1 aliphatic rings. The maximum atomic E-state index is 9.83. The molecule has 1 aromatic carbocycles. The van der Waals surface area contributed by atoms with Crippen molar-refractivity contribution in [2.24, 2.45) is 0 Å². The van der Waals surface area contributed by atoms with Gasteiger partial charge >= 0.3 is 0 Å². The summed E-state index contributed by atoms with van der Waals surface area (Å²) in [4.78, 5) is 2.42. The van der Waals surface area contributed by atoms with Gasteiger partial charge in [-0.2, -0.15) is 0 Å². The number of aliphatic hydroxyl groups is 1. The molecule has 0 spiro atoms. The topological polar surface area (TPSA) is 23.5 Å². The molecule has 1 N–H and O–H groups in total. The van der Waals surface area contributed by atoms with Gasteiger partial charge < -0.3 is 10.0 Å². The molecule has 0 saturated heterocycles. The molecule has 0 bridgehead atoms. The minimum absolute atomic E-state index is 0.322. The number of aliphatic hydroxyl groups excluding tert-OH is 1. The largest absolute Gasteiger partial charge is 0.388 e. The van der Waals surface area contributed by atoms with Gasteiger partial charge in [0, 0.05) is 18.8 Å². The molecular weight excluding hydrogens is 234 g/mol. The van der Waals surface area contributed by atoms with E-state index in [1.54, 1.807) is 0 Å². The fraction of sp³-hybridized carbons (Fsp3) is 0.647. The van der Waals surface area contributed by atoms with Gasteiger partial charge in [-0.25, -0.2) is 0 Å². The summed E-state index contributed by atoms with van der Waals surface area (Å²) in [5, 5.41) is 9.83. The van der Waals surface area contributed by atoms with Crippen molar-refractivity contribution in [1.29, 1.82) is 0 Å². The van der Waals surface area contributed by atoms with Crippen LogP contribution in [-0.4, -0.2) is 18.2 Å². The molecule has 0 radical (unpaired) electrons. The van der Waals surface area contributed by atoms with Crippen molar-refractivity contribution in [3.05, 3.63) is 29.8 Å². The molecule has 1 saturated carbocycles. The van der Waals surface area contributed by atoms with E-state index in [4.69, 9.17) is 0 Å². The van der Waals surface area contributed by atoms with Gasteiger partial charge in [0.25, 0.3) is 0 Å². The van der Waals surface area contributed by atoms with Crippen LogP contribution in [0.1, 0.15) is 63.5 Å². The molecule has 1 fully saturated rings. The molecule has 0 amide bonds. The third-order valence-electron chi connectivity index (χ3n) is 4.44. The summed E-state index contributed by atoms with van der Waals surface area (Å²) in [6.07, 6.45) is 8.60. The van der Waals surface area contributed by atoms with Crippen molar-refractivity contribution in [2.45, 2.75) is 64.0 Å². The molecule has 0 heterocycles. The summed E-state index contributed by atoms with van der Waals surface area (Å²) in [6.45, 7) is 2.01. The van der Waals surface area contributed by atoms with Gasteiger partial charge in [-0.15, -0.1) is 0 Å². The highest BCUT2D eigenvalue weighted by Gasteiger charge is 2.17. The highest BCUT2D eigenvalue weighted by molar-refractivity contribution is 5.48. The zero-order valence-electron chi connectivity index (χ0n) is 12.3. The van der Waals surface area contributed by atoms with Gasteiger partial charge in [0.1, 0.15) is 0 Å². The quantitative estimate of drug-likeness (QED) is 0.817. The van der Waals surface area contributed by atoms with Crippen molar-refractivity contribution in [3.63, 3.8) is 0 Å². The first-order valence-electron chi connectivity index (χ1n) is 7.73. The maximum Gasteiger partial charge on any atom is 0.0787 e. The van der Waals surface area contributed by atoms with Gasteiger partial charge in [-0.1, -0.05) is 44.7 Å². The van der Waals surface area contributed by atoms with Gasteiger partial charge in [0.2, 0.25) is 0 Å². The number of nitrogens with zero attached hydrogens (tertiary/aromatic N) is 1. The molecule has 2 nitrogen and oxygen atoms in total. The molecule has 1 aromatic rings. The Morgan fingerprint density at radius 3 is 2.21 bits per heavy atom. The van der Waals surface area contributed by atoms with E-state index >= 15 is 0 Å². The molecule has 1 atom stereocenters. The van der Waals surface area contributed by atoms with Crippen LogP contribution in [0.2, 0.25) is 0 Å². The lowest BCUT2D eigenvalue weighted by Gasteiger charge is -2.29. The molecule has 19 heavy (non-hydrogen) atoms. The standard InChI is InChI=1S/C17H27NO/c1-3-17(19)14-10-12-16(13-11-14)18(2)15-8-6-4-5-7-9-15/h10-13,15,17,19H,3-9H2,1-2H3. The summed E-state index contributed by atoms with van der Waals surface area (Å²) in [5.41, 5.74) is 2.31. The van der Waals surface area contributed by atoms with Gasteiger partial charge in [0.05, 0.1) is 6.10 Å². The van der Waals surface area contributed by atoms with E-state index in [0.29, 0.717) is 6.04 Å². The molecule has 2 heteroatoms. The Kier molecular flexibility index (Phi) is 5.26. The van der Waals surface area contributed by atoms with Crippen LogP contribution in [0.5, 0.6) is 0 Å². The smallest absolute Gasteiger partial charge is 0.0787 e. The Hall–Kier alpha value is -1.02. The summed E-state index contributed by atoms with van der Waals surface area (Å²) >= 11 is 0. The van der Waals surface area contributed by atoms with Crippen LogP contribution >= 0.6 is 0 Å². The van der Waals surface area contributed by atoms with E-state index < -0.39 is 0 Å². The van der Waals surface area contributed by atoms with E-state index in [1.807, 2.05) is 6.92 Å². The Balaban J connectivity index is 2.03.